The van der Waals surface area contributed by atoms with E-state index in [1.54, 1.807) is 0 Å². The van der Waals surface area contributed by atoms with Crippen molar-refractivity contribution in [2.75, 3.05) is 11.5 Å². The molecule has 10 heteroatoms. The highest BCUT2D eigenvalue weighted by atomic mass is 32.2. The first kappa shape index (κ1) is 13.5. The molecule has 0 aliphatic carbocycles. The number of amides is 1. The SMILES string of the molecule is NC1C(=O)N2C(C(=O)O)=C(CSc3nnco3)CS[C@@H]12. The van der Waals surface area contributed by atoms with Crippen molar-refractivity contribution < 1.29 is 19.1 Å². The molecule has 2 aliphatic heterocycles. The monoisotopic (exact) mass is 314 g/mol. The van der Waals surface area contributed by atoms with Gasteiger partial charge in [-0.05, 0) is 5.57 Å². The van der Waals surface area contributed by atoms with E-state index in [0.29, 0.717) is 22.3 Å². The van der Waals surface area contributed by atoms with Crippen LogP contribution < -0.4 is 5.73 Å². The van der Waals surface area contributed by atoms with Crippen LogP contribution in [0, 0.1) is 0 Å². The summed E-state index contributed by atoms with van der Waals surface area (Å²) in [5, 5.41) is 16.7. The molecule has 1 fully saturated rings. The van der Waals surface area contributed by atoms with E-state index in [-0.39, 0.29) is 17.0 Å². The van der Waals surface area contributed by atoms with Gasteiger partial charge in [0.25, 0.3) is 5.22 Å². The molecule has 8 nitrogen and oxygen atoms in total. The molecule has 1 saturated heterocycles. The summed E-state index contributed by atoms with van der Waals surface area (Å²) in [6.07, 6.45) is 1.21. The summed E-state index contributed by atoms with van der Waals surface area (Å²) in [4.78, 5) is 24.4. The minimum atomic E-state index is -1.11. The highest BCUT2D eigenvalue weighted by molar-refractivity contribution is 8.01. The Hall–Kier alpha value is -1.52. The quantitative estimate of drug-likeness (QED) is 0.571. The van der Waals surface area contributed by atoms with Crippen LogP contribution in [-0.4, -0.2) is 55.0 Å². The highest BCUT2D eigenvalue weighted by Gasteiger charge is 2.51. The molecule has 0 bridgehead atoms. The Labute approximate surface area is 121 Å². The molecule has 3 heterocycles. The van der Waals surface area contributed by atoms with Crippen LogP contribution in [0.5, 0.6) is 0 Å². The Morgan fingerprint density at radius 1 is 1.70 bits per heavy atom. The molecular formula is C10H10N4O4S2. The van der Waals surface area contributed by atoms with Gasteiger partial charge in [0.05, 0.1) is 0 Å². The minimum Gasteiger partial charge on any atom is -0.477 e. The molecule has 106 valence electrons. The van der Waals surface area contributed by atoms with Gasteiger partial charge in [-0.25, -0.2) is 4.79 Å². The van der Waals surface area contributed by atoms with Gasteiger partial charge in [0, 0.05) is 11.5 Å². The lowest BCUT2D eigenvalue weighted by atomic mass is 10.0. The predicted octanol–water partition coefficient (Wildman–Crippen LogP) is -0.257. The zero-order chi connectivity index (χ0) is 14.3. The van der Waals surface area contributed by atoms with Gasteiger partial charge in [-0.3, -0.25) is 9.69 Å². The van der Waals surface area contributed by atoms with Crippen LogP contribution in [-0.2, 0) is 9.59 Å². The predicted molar refractivity (Wildman–Crippen MR) is 70.8 cm³/mol. The van der Waals surface area contributed by atoms with Crippen LogP contribution in [0.3, 0.4) is 0 Å². The van der Waals surface area contributed by atoms with E-state index in [1.165, 1.54) is 34.8 Å². The molecular weight excluding hydrogens is 304 g/mol. The topological polar surface area (TPSA) is 123 Å². The number of carboxylic acids is 1. The molecule has 0 radical (unpaired) electrons. The van der Waals surface area contributed by atoms with Crippen LogP contribution in [0.25, 0.3) is 0 Å². The number of rotatable bonds is 4. The number of carbonyl (C=O) groups excluding carboxylic acids is 1. The number of nitrogens with zero attached hydrogens (tertiary/aromatic N) is 3. The number of aromatic nitrogens is 2. The van der Waals surface area contributed by atoms with Crippen molar-refractivity contribution in [1.82, 2.24) is 15.1 Å². The normalized spacial score (nSPS) is 25.4. The fraction of sp³-hybridized carbons (Fsp3) is 0.400. The van der Waals surface area contributed by atoms with Crippen LogP contribution in [0.2, 0.25) is 0 Å². The number of thioether (sulfide) groups is 2. The fourth-order valence-corrected chi connectivity index (χ4v) is 4.24. The molecule has 1 amide bonds. The lowest BCUT2D eigenvalue weighted by Crippen LogP contribution is -2.68. The van der Waals surface area contributed by atoms with Crippen molar-refractivity contribution >= 4 is 35.4 Å². The molecule has 0 aromatic carbocycles. The van der Waals surface area contributed by atoms with Crippen molar-refractivity contribution in [2.24, 2.45) is 5.73 Å². The van der Waals surface area contributed by atoms with E-state index in [9.17, 15) is 14.7 Å². The molecule has 0 saturated carbocycles. The molecule has 2 atom stereocenters. The number of hydrogen-bond acceptors (Lipinski definition) is 8. The van der Waals surface area contributed by atoms with Crippen molar-refractivity contribution in [1.29, 1.82) is 0 Å². The van der Waals surface area contributed by atoms with Crippen molar-refractivity contribution in [3.63, 3.8) is 0 Å². The number of nitrogens with two attached hydrogens (primary N) is 1. The van der Waals surface area contributed by atoms with Gasteiger partial charge < -0.3 is 15.3 Å². The number of carbonyl (C=O) groups is 2. The average Bonchev–Trinajstić information content (AvgIpc) is 2.96. The Balaban J connectivity index is 1.82. The van der Waals surface area contributed by atoms with Crippen LogP contribution >= 0.6 is 23.5 Å². The Morgan fingerprint density at radius 2 is 2.50 bits per heavy atom. The minimum absolute atomic E-state index is 0.0347. The number of aliphatic carboxylic acids is 1. The molecule has 1 aromatic heterocycles. The molecule has 3 N–H and O–H groups in total. The second-order valence-electron chi connectivity index (χ2n) is 4.19. The van der Waals surface area contributed by atoms with Gasteiger partial charge in [0.15, 0.2) is 0 Å². The van der Waals surface area contributed by atoms with Gasteiger partial charge in [-0.15, -0.1) is 22.0 Å². The van der Waals surface area contributed by atoms with Gasteiger partial charge in [-0.2, -0.15) is 0 Å². The summed E-state index contributed by atoms with van der Waals surface area (Å²) in [7, 11) is 0. The van der Waals surface area contributed by atoms with Crippen LogP contribution in [0.4, 0.5) is 0 Å². The molecule has 1 unspecified atom stereocenters. The number of fused-ring (bicyclic) bond motifs is 1. The van der Waals surface area contributed by atoms with E-state index in [4.69, 9.17) is 10.2 Å². The second kappa shape index (κ2) is 5.11. The average molecular weight is 314 g/mol. The van der Waals surface area contributed by atoms with Crippen LogP contribution in [0.15, 0.2) is 27.3 Å². The highest BCUT2D eigenvalue weighted by Crippen LogP contribution is 2.40. The standard InChI is InChI=1S/C10H10N4O4S2/c11-5-7(15)14-6(9(16)17)4(1-19-8(5)14)2-20-10-13-12-3-18-10/h3,5,8H,1-2,11H2,(H,16,17)/t5?,8-/m0/s1. The molecule has 0 spiro atoms. The van der Waals surface area contributed by atoms with E-state index in [1.807, 2.05) is 0 Å². The van der Waals surface area contributed by atoms with Crippen molar-refractivity contribution in [3.8, 4) is 0 Å². The molecule has 2 aliphatic rings. The van der Waals surface area contributed by atoms with Crippen molar-refractivity contribution in [3.05, 3.63) is 17.7 Å². The lowest BCUT2D eigenvalue weighted by Gasteiger charge is -2.48. The van der Waals surface area contributed by atoms with Gasteiger partial charge >= 0.3 is 5.97 Å². The largest absolute Gasteiger partial charge is 0.477 e. The van der Waals surface area contributed by atoms with E-state index < -0.39 is 12.0 Å². The summed E-state index contributed by atoms with van der Waals surface area (Å²) in [5.41, 5.74) is 6.36. The van der Waals surface area contributed by atoms with Crippen LogP contribution in [0.1, 0.15) is 0 Å². The third kappa shape index (κ3) is 2.09. The molecule has 3 rings (SSSR count). The lowest BCUT2D eigenvalue weighted by molar-refractivity contribution is -0.147. The maximum absolute atomic E-state index is 11.7. The second-order valence-corrected chi connectivity index (χ2v) is 6.22. The van der Waals surface area contributed by atoms with Gasteiger partial charge in [0.2, 0.25) is 12.3 Å². The van der Waals surface area contributed by atoms with Gasteiger partial charge in [-0.1, -0.05) is 11.8 Å². The summed E-state index contributed by atoms with van der Waals surface area (Å²) in [5.74, 6) is -0.565. The zero-order valence-electron chi connectivity index (χ0n) is 10.1. The first-order chi connectivity index (χ1) is 9.59. The molecule has 20 heavy (non-hydrogen) atoms. The zero-order valence-corrected chi connectivity index (χ0v) is 11.7. The third-order valence-corrected chi connectivity index (χ3v) is 5.28. The van der Waals surface area contributed by atoms with Crippen molar-refractivity contribution in [2.45, 2.75) is 16.6 Å². The number of β-lactam (4-membered cyclic amide) rings is 1. The molecule has 1 aromatic rings. The van der Waals surface area contributed by atoms with E-state index in [0.717, 1.165) is 0 Å². The van der Waals surface area contributed by atoms with E-state index in [2.05, 4.69) is 10.2 Å². The summed E-state index contributed by atoms with van der Waals surface area (Å²) < 4.78 is 4.98. The Bertz CT molecular complexity index is 588. The Kier molecular flexibility index (Phi) is 3.44. The summed E-state index contributed by atoms with van der Waals surface area (Å²) in [6.45, 7) is 0. The maximum Gasteiger partial charge on any atom is 0.352 e. The number of carboxylic acid groups (broad SMARTS) is 1. The fourth-order valence-electron chi connectivity index (χ4n) is 2.07. The summed E-state index contributed by atoms with van der Waals surface area (Å²) in [6, 6.07) is -0.612. The first-order valence-electron chi connectivity index (χ1n) is 5.64. The third-order valence-electron chi connectivity index (χ3n) is 3.00. The first-order valence-corrected chi connectivity index (χ1v) is 7.67. The Morgan fingerprint density at radius 3 is 3.15 bits per heavy atom. The summed E-state index contributed by atoms with van der Waals surface area (Å²) >= 11 is 2.71. The van der Waals surface area contributed by atoms with Gasteiger partial charge in [0.1, 0.15) is 17.1 Å². The smallest absolute Gasteiger partial charge is 0.352 e. The maximum atomic E-state index is 11.7. The number of hydrogen-bond donors (Lipinski definition) is 2. The van der Waals surface area contributed by atoms with E-state index >= 15 is 0 Å².